The lowest BCUT2D eigenvalue weighted by Crippen LogP contribution is -2.19. The molecule has 0 radical (unpaired) electrons. The number of nitrogens with one attached hydrogen (secondary N) is 1. The van der Waals surface area contributed by atoms with E-state index in [-0.39, 0.29) is 6.04 Å². The van der Waals surface area contributed by atoms with Gasteiger partial charge < -0.3 is 11.1 Å². The van der Waals surface area contributed by atoms with Gasteiger partial charge >= 0.3 is 0 Å². The van der Waals surface area contributed by atoms with E-state index in [1.807, 2.05) is 0 Å². The molecule has 2 atom stereocenters. The topological polar surface area (TPSA) is 38.0 Å². The number of thiophene rings is 1. The Morgan fingerprint density at radius 2 is 2.06 bits per heavy atom. The number of hydrogen-bond acceptors (Lipinski definition) is 3. The van der Waals surface area contributed by atoms with Crippen molar-refractivity contribution in [1.82, 2.24) is 5.32 Å². The monoisotopic (exact) mass is 244 g/mol. The molecule has 0 bridgehead atoms. The number of benzene rings is 1. The van der Waals surface area contributed by atoms with E-state index in [9.17, 15) is 0 Å². The maximum atomic E-state index is 6.15. The molecule has 0 saturated heterocycles. The van der Waals surface area contributed by atoms with Gasteiger partial charge in [0, 0.05) is 18.6 Å². The van der Waals surface area contributed by atoms with Crippen molar-refractivity contribution in [3.05, 3.63) is 57.8 Å². The minimum absolute atomic E-state index is 0.186. The van der Waals surface area contributed by atoms with Crippen LogP contribution in [-0.4, -0.2) is 0 Å². The first kappa shape index (κ1) is 11.0. The highest BCUT2D eigenvalue weighted by molar-refractivity contribution is 7.07. The number of nitrogens with two attached hydrogens (primary N) is 1. The van der Waals surface area contributed by atoms with Crippen LogP contribution in [0, 0.1) is 0 Å². The van der Waals surface area contributed by atoms with Gasteiger partial charge in [0.15, 0.2) is 0 Å². The Labute approximate surface area is 105 Å². The maximum Gasteiger partial charge on any atom is 0.0344 e. The molecule has 1 heterocycles. The van der Waals surface area contributed by atoms with E-state index >= 15 is 0 Å². The van der Waals surface area contributed by atoms with Crippen LogP contribution in [0.5, 0.6) is 0 Å². The molecule has 0 saturated carbocycles. The molecule has 2 unspecified atom stereocenters. The van der Waals surface area contributed by atoms with Gasteiger partial charge in [-0.3, -0.25) is 0 Å². The summed E-state index contributed by atoms with van der Waals surface area (Å²) in [5.41, 5.74) is 10.2. The fourth-order valence-corrected chi connectivity index (χ4v) is 3.17. The third-order valence-corrected chi connectivity index (χ3v) is 4.13. The summed E-state index contributed by atoms with van der Waals surface area (Å²) in [6.07, 6.45) is 1.00. The molecule has 2 nitrogen and oxygen atoms in total. The lowest BCUT2D eigenvalue weighted by molar-refractivity contribution is 0.499. The highest BCUT2D eigenvalue weighted by atomic mass is 32.1. The van der Waals surface area contributed by atoms with Crippen LogP contribution < -0.4 is 11.1 Å². The molecule has 88 valence electrons. The van der Waals surface area contributed by atoms with Crippen molar-refractivity contribution in [3.63, 3.8) is 0 Å². The Kier molecular flexibility index (Phi) is 2.97. The van der Waals surface area contributed by atoms with Crippen LogP contribution in [0.3, 0.4) is 0 Å². The average molecular weight is 244 g/mol. The van der Waals surface area contributed by atoms with Gasteiger partial charge in [0.25, 0.3) is 0 Å². The fourth-order valence-electron chi connectivity index (χ4n) is 2.50. The summed E-state index contributed by atoms with van der Waals surface area (Å²) < 4.78 is 0. The molecule has 2 aromatic rings. The highest BCUT2D eigenvalue weighted by Gasteiger charge is 2.27. The smallest absolute Gasteiger partial charge is 0.0344 e. The number of fused-ring (bicyclic) bond motifs is 1. The molecule has 0 aliphatic heterocycles. The van der Waals surface area contributed by atoms with Crippen LogP contribution in [0.1, 0.15) is 35.2 Å². The normalized spacial score (nSPS) is 22.6. The van der Waals surface area contributed by atoms with Crippen molar-refractivity contribution in [2.75, 3.05) is 0 Å². The van der Waals surface area contributed by atoms with Gasteiger partial charge in [0.1, 0.15) is 0 Å². The molecule has 3 N–H and O–H groups in total. The Hall–Kier alpha value is -1.16. The molecule has 3 heteroatoms. The summed E-state index contributed by atoms with van der Waals surface area (Å²) in [4.78, 5) is 0. The van der Waals surface area contributed by atoms with Gasteiger partial charge in [0.05, 0.1) is 0 Å². The molecular weight excluding hydrogens is 228 g/mol. The second-order valence-electron chi connectivity index (χ2n) is 4.54. The average Bonchev–Trinajstić information content (AvgIpc) is 2.96. The van der Waals surface area contributed by atoms with E-state index < -0.39 is 0 Å². The first-order chi connectivity index (χ1) is 8.34. The van der Waals surface area contributed by atoms with Crippen LogP contribution in [0.2, 0.25) is 0 Å². The van der Waals surface area contributed by atoms with Gasteiger partial charge in [-0.05, 0) is 39.9 Å². The molecule has 1 aliphatic rings. The summed E-state index contributed by atoms with van der Waals surface area (Å²) in [6.45, 7) is 0.926. The van der Waals surface area contributed by atoms with Crippen molar-refractivity contribution >= 4 is 11.3 Å². The zero-order valence-corrected chi connectivity index (χ0v) is 10.4. The number of rotatable bonds is 3. The quantitative estimate of drug-likeness (QED) is 0.871. The maximum absolute atomic E-state index is 6.15. The molecule has 0 spiro atoms. The summed E-state index contributed by atoms with van der Waals surface area (Å²) in [5, 5.41) is 7.90. The minimum Gasteiger partial charge on any atom is -0.324 e. The first-order valence-electron chi connectivity index (χ1n) is 5.93. The Morgan fingerprint density at radius 1 is 1.24 bits per heavy atom. The van der Waals surface area contributed by atoms with E-state index in [4.69, 9.17) is 5.73 Å². The van der Waals surface area contributed by atoms with Crippen LogP contribution in [0.15, 0.2) is 41.1 Å². The van der Waals surface area contributed by atoms with Crippen molar-refractivity contribution in [2.24, 2.45) is 5.73 Å². The SMILES string of the molecule is NC1CC(NCc2ccsc2)c2ccccc21. The van der Waals surface area contributed by atoms with Gasteiger partial charge in [-0.1, -0.05) is 24.3 Å². The van der Waals surface area contributed by atoms with Crippen LogP contribution in [-0.2, 0) is 6.54 Å². The van der Waals surface area contributed by atoms with E-state index in [1.165, 1.54) is 16.7 Å². The molecule has 1 aliphatic carbocycles. The Morgan fingerprint density at radius 3 is 2.82 bits per heavy atom. The fraction of sp³-hybridized carbons (Fsp3) is 0.286. The zero-order valence-electron chi connectivity index (χ0n) is 9.60. The predicted molar refractivity (Wildman–Crippen MR) is 71.9 cm³/mol. The summed E-state index contributed by atoms with van der Waals surface area (Å²) in [6, 6.07) is 11.3. The summed E-state index contributed by atoms with van der Waals surface area (Å²) in [7, 11) is 0. The molecule has 3 rings (SSSR count). The second kappa shape index (κ2) is 4.61. The third-order valence-electron chi connectivity index (χ3n) is 3.39. The molecule has 1 aromatic heterocycles. The Balaban J connectivity index is 1.73. The third kappa shape index (κ3) is 2.14. The van der Waals surface area contributed by atoms with Gasteiger partial charge in [0.2, 0.25) is 0 Å². The van der Waals surface area contributed by atoms with Crippen LogP contribution >= 0.6 is 11.3 Å². The van der Waals surface area contributed by atoms with Crippen molar-refractivity contribution in [3.8, 4) is 0 Å². The van der Waals surface area contributed by atoms with Crippen molar-refractivity contribution in [2.45, 2.75) is 25.0 Å². The molecule has 17 heavy (non-hydrogen) atoms. The lowest BCUT2D eigenvalue weighted by atomic mass is 10.1. The molecular formula is C14H16N2S. The molecule has 0 amide bonds. The van der Waals surface area contributed by atoms with E-state index in [1.54, 1.807) is 11.3 Å². The van der Waals surface area contributed by atoms with Gasteiger partial charge in [-0.2, -0.15) is 11.3 Å². The second-order valence-corrected chi connectivity index (χ2v) is 5.32. The van der Waals surface area contributed by atoms with E-state index in [0.717, 1.165) is 13.0 Å². The Bertz CT molecular complexity index is 493. The van der Waals surface area contributed by atoms with Crippen LogP contribution in [0.25, 0.3) is 0 Å². The standard InChI is InChI=1S/C14H16N2S/c15-13-7-14(12-4-2-1-3-11(12)13)16-8-10-5-6-17-9-10/h1-6,9,13-14,16H,7-8,15H2. The largest absolute Gasteiger partial charge is 0.324 e. The van der Waals surface area contributed by atoms with E-state index in [2.05, 4.69) is 46.4 Å². The molecule has 1 aromatic carbocycles. The minimum atomic E-state index is 0.186. The highest BCUT2D eigenvalue weighted by Crippen LogP contribution is 2.37. The van der Waals surface area contributed by atoms with Gasteiger partial charge in [-0.25, -0.2) is 0 Å². The molecule has 0 fully saturated rings. The van der Waals surface area contributed by atoms with Gasteiger partial charge in [-0.15, -0.1) is 0 Å². The van der Waals surface area contributed by atoms with Crippen molar-refractivity contribution in [1.29, 1.82) is 0 Å². The summed E-state index contributed by atoms with van der Waals surface area (Å²) >= 11 is 1.74. The predicted octanol–water partition coefficient (Wildman–Crippen LogP) is 2.98. The zero-order chi connectivity index (χ0) is 11.7. The first-order valence-corrected chi connectivity index (χ1v) is 6.88. The van der Waals surface area contributed by atoms with Crippen molar-refractivity contribution < 1.29 is 0 Å². The van der Waals surface area contributed by atoms with Crippen LogP contribution in [0.4, 0.5) is 0 Å². The number of hydrogen-bond donors (Lipinski definition) is 2. The summed E-state index contributed by atoms with van der Waals surface area (Å²) in [5.74, 6) is 0. The lowest BCUT2D eigenvalue weighted by Gasteiger charge is -2.13. The van der Waals surface area contributed by atoms with E-state index in [0.29, 0.717) is 6.04 Å².